The fourth-order valence-corrected chi connectivity index (χ4v) is 2.34. The first-order valence-electron chi connectivity index (χ1n) is 7.10. The lowest BCUT2D eigenvalue weighted by Crippen LogP contribution is -2.34. The second-order valence-corrected chi connectivity index (χ2v) is 4.96. The number of hydrogen-bond acceptors (Lipinski definition) is 3. The first-order valence-corrected chi connectivity index (χ1v) is 7.10. The van der Waals surface area contributed by atoms with Gasteiger partial charge in [-0.15, -0.1) is 0 Å². The molecule has 3 nitrogen and oxygen atoms in total. The van der Waals surface area contributed by atoms with Crippen LogP contribution in [0, 0.1) is 0 Å². The molecule has 1 aliphatic rings. The van der Waals surface area contributed by atoms with E-state index in [1.54, 1.807) is 0 Å². The summed E-state index contributed by atoms with van der Waals surface area (Å²) < 4.78 is 11.8. The molecule has 0 amide bonds. The van der Waals surface area contributed by atoms with Gasteiger partial charge in [-0.1, -0.05) is 24.3 Å². The van der Waals surface area contributed by atoms with E-state index in [0.717, 1.165) is 43.2 Å². The van der Waals surface area contributed by atoms with Gasteiger partial charge < -0.3 is 14.8 Å². The molecule has 0 unspecified atom stereocenters. The van der Waals surface area contributed by atoms with Gasteiger partial charge in [-0.25, -0.2) is 0 Å². The third kappa shape index (κ3) is 3.52. The largest absolute Gasteiger partial charge is 0.490 e. The molecule has 3 rings (SSSR count). The molecule has 1 N–H and O–H groups in total. The minimum atomic E-state index is 0.309. The van der Waals surface area contributed by atoms with E-state index in [1.165, 1.54) is 0 Å². The predicted octanol–water partition coefficient (Wildman–Crippen LogP) is 3.61. The zero-order valence-corrected chi connectivity index (χ0v) is 11.4. The Balaban J connectivity index is 1.66. The molecular formula is C17H19NO2. The minimum absolute atomic E-state index is 0.309. The van der Waals surface area contributed by atoms with Crippen LogP contribution in [-0.4, -0.2) is 19.2 Å². The number of hydrogen-bond donors (Lipinski definition) is 1. The SMILES string of the molecule is c1ccc(Oc2cccc(OC3CCNCC3)c2)cc1. The van der Waals surface area contributed by atoms with Gasteiger partial charge in [0, 0.05) is 6.07 Å². The summed E-state index contributed by atoms with van der Waals surface area (Å²) in [7, 11) is 0. The molecule has 2 aromatic carbocycles. The number of nitrogens with one attached hydrogen (secondary N) is 1. The van der Waals surface area contributed by atoms with Crippen LogP contribution in [0.25, 0.3) is 0 Å². The number of benzene rings is 2. The van der Waals surface area contributed by atoms with E-state index in [2.05, 4.69) is 5.32 Å². The van der Waals surface area contributed by atoms with Crippen molar-refractivity contribution in [1.29, 1.82) is 0 Å². The molecule has 1 heterocycles. The van der Waals surface area contributed by atoms with E-state index in [9.17, 15) is 0 Å². The smallest absolute Gasteiger partial charge is 0.131 e. The van der Waals surface area contributed by atoms with Crippen molar-refractivity contribution in [2.75, 3.05) is 13.1 Å². The molecule has 0 aliphatic carbocycles. The highest BCUT2D eigenvalue weighted by molar-refractivity contribution is 5.36. The Bertz CT molecular complexity index is 536. The molecule has 0 bridgehead atoms. The van der Waals surface area contributed by atoms with Crippen LogP contribution in [0.1, 0.15) is 12.8 Å². The summed E-state index contributed by atoms with van der Waals surface area (Å²) in [6.07, 6.45) is 2.43. The lowest BCUT2D eigenvalue weighted by molar-refractivity contribution is 0.162. The van der Waals surface area contributed by atoms with Crippen molar-refractivity contribution in [1.82, 2.24) is 5.32 Å². The summed E-state index contributed by atoms with van der Waals surface area (Å²) in [6.45, 7) is 2.07. The van der Waals surface area contributed by atoms with Gasteiger partial charge in [0.1, 0.15) is 23.4 Å². The quantitative estimate of drug-likeness (QED) is 0.919. The Morgan fingerprint density at radius 2 is 1.50 bits per heavy atom. The van der Waals surface area contributed by atoms with Crippen LogP contribution in [0.4, 0.5) is 0 Å². The fraction of sp³-hybridized carbons (Fsp3) is 0.294. The van der Waals surface area contributed by atoms with Crippen LogP contribution in [0.5, 0.6) is 17.2 Å². The Morgan fingerprint density at radius 3 is 2.30 bits per heavy atom. The van der Waals surface area contributed by atoms with E-state index < -0.39 is 0 Å². The molecule has 1 saturated heterocycles. The van der Waals surface area contributed by atoms with Crippen LogP contribution in [-0.2, 0) is 0 Å². The molecule has 0 radical (unpaired) electrons. The summed E-state index contributed by atoms with van der Waals surface area (Å²) in [6, 6.07) is 17.6. The topological polar surface area (TPSA) is 30.5 Å². The molecule has 0 spiro atoms. The lowest BCUT2D eigenvalue weighted by atomic mass is 10.1. The first-order chi connectivity index (χ1) is 9.90. The normalized spacial score (nSPS) is 15.8. The number of rotatable bonds is 4. The van der Waals surface area contributed by atoms with Crippen molar-refractivity contribution in [3.63, 3.8) is 0 Å². The van der Waals surface area contributed by atoms with Crippen molar-refractivity contribution in [2.45, 2.75) is 18.9 Å². The summed E-state index contributed by atoms with van der Waals surface area (Å²) in [5.41, 5.74) is 0. The molecule has 0 aromatic heterocycles. The predicted molar refractivity (Wildman–Crippen MR) is 79.5 cm³/mol. The van der Waals surface area contributed by atoms with E-state index in [0.29, 0.717) is 6.10 Å². The second-order valence-electron chi connectivity index (χ2n) is 4.96. The van der Waals surface area contributed by atoms with E-state index in [1.807, 2.05) is 54.6 Å². The molecule has 0 saturated carbocycles. The van der Waals surface area contributed by atoms with E-state index in [4.69, 9.17) is 9.47 Å². The van der Waals surface area contributed by atoms with Gasteiger partial charge >= 0.3 is 0 Å². The number of para-hydroxylation sites is 1. The highest BCUT2D eigenvalue weighted by Crippen LogP contribution is 2.26. The van der Waals surface area contributed by atoms with Crippen LogP contribution < -0.4 is 14.8 Å². The first kappa shape index (κ1) is 13.0. The third-order valence-corrected chi connectivity index (χ3v) is 3.37. The van der Waals surface area contributed by atoms with Gasteiger partial charge in [-0.3, -0.25) is 0 Å². The highest BCUT2D eigenvalue weighted by atomic mass is 16.5. The number of piperidine rings is 1. The van der Waals surface area contributed by atoms with Gasteiger partial charge in [0.05, 0.1) is 0 Å². The van der Waals surface area contributed by atoms with Crippen LogP contribution in [0.15, 0.2) is 54.6 Å². The van der Waals surface area contributed by atoms with Crippen molar-refractivity contribution < 1.29 is 9.47 Å². The molecule has 20 heavy (non-hydrogen) atoms. The average molecular weight is 269 g/mol. The third-order valence-electron chi connectivity index (χ3n) is 3.37. The Morgan fingerprint density at radius 1 is 0.800 bits per heavy atom. The van der Waals surface area contributed by atoms with Crippen LogP contribution in [0.2, 0.25) is 0 Å². The Hall–Kier alpha value is -2.00. The van der Waals surface area contributed by atoms with Gasteiger partial charge in [0.15, 0.2) is 0 Å². The summed E-state index contributed by atoms with van der Waals surface area (Å²) >= 11 is 0. The second kappa shape index (κ2) is 6.44. The summed E-state index contributed by atoms with van der Waals surface area (Å²) in [5, 5.41) is 3.34. The van der Waals surface area contributed by atoms with Crippen LogP contribution in [0.3, 0.4) is 0 Å². The van der Waals surface area contributed by atoms with Gasteiger partial charge in [-0.05, 0) is 50.2 Å². The zero-order valence-electron chi connectivity index (χ0n) is 11.4. The van der Waals surface area contributed by atoms with Gasteiger partial charge in [0.25, 0.3) is 0 Å². The standard InChI is InChI=1S/C17H19NO2/c1-2-5-14(6-3-1)19-16-7-4-8-17(13-16)20-15-9-11-18-12-10-15/h1-8,13,15,18H,9-12H2. The summed E-state index contributed by atoms with van der Waals surface area (Å²) in [5.74, 6) is 2.53. The molecule has 1 fully saturated rings. The molecule has 104 valence electrons. The van der Waals surface area contributed by atoms with Crippen molar-refractivity contribution >= 4 is 0 Å². The van der Waals surface area contributed by atoms with Crippen molar-refractivity contribution in [3.05, 3.63) is 54.6 Å². The molecule has 2 aromatic rings. The van der Waals surface area contributed by atoms with Gasteiger partial charge in [-0.2, -0.15) is 0 Å². The lowest BCUT2D eigenvalue weighted by Gasteiger charge is -2.24. The Kier molecular flexibility index (Phi) is 4.19. The van der Waals surface area contributed by atoms with Crippen LogP contribution >= 0.6 is 0 Å². The fourth-order valence-electron chi connectivity index (χ4n) is 2.34. The molecule has 1 aliphatic heterocycles. The highest BCUT2D eigenvalue weighted by Gasteiger charge is 2.14. The summed E-state index contributed by atoms with van der Waals surface area (Å²) in [4.78, 5) is 0. The minimum Gasteiger partial charge on any atom is -0.490 e. The van der Waals surface area contributed by atoms with E-state index in [-0.39, 0.29) is 0 Å². The molecule has 3 heteroatoms. The molecule has 0 atom stereocenters. The zero-order chi connectivity index (χ0) is 13.6. The van der Waals surface area contributed by atoms with Crippen molar-refractivity contribution in [3.8, 4) is 17.2 Å². The maximum atomic E-state index is 6.01. The Labute approximate surface area is 119 Å². The monoisotopic (exact) mass is 269 g/mol. The van der Waals surface area contributed by atoms with Gasteiger partial charge in [0.2, 0.25) is 0 Å². The maximum Gasteiger partial charge on any atom is 0.131 e. The van der Waals surface area contributed by atoms with E-state index >= 15 is 0 Å². The maximum absolute atomic E-state index is 6.01. The average Bonchev–Trinajstić information content (AvgIpc) is 2.50. The number of ether oxygens (including phenoxy) is 2. The van der Waals surface area contributed by atoms with Crippen molar-refractivity contribution in [2.24, 2.45) is 0 Å². The molecular weight excluding hydrogens is 250 g/mol.